The second-order valence-corrected chi connectivity index (χ2v) is 6.84. The smallest absolute Gasteiger partial charge is 0.206 e. The third-order valence-corrected chi connectivity index (χ3v) is 4.98. The number of likely N-dealkylation sites (tertiary alicyclic amines) is 1. The van der Waals surface area contributed by atoms with Crippen molar-refractivity contribution < 1.29 is 14.2 Å². The van der Waals surface area contributed by atoms with Gasteiger partial charge in [0.1, 0.15) is 6.73 Å². The Morgan fingerprint density at radius 2 is 1.93 bits per heavy atom. The second-order valence-electron chi connectivity index (χ2n) is 6.84. The molecular formula is C20H32N4O3. The Hall–Kier alpha value is -1.67. The molecule has 1 saturated heterocycles. The van der Waals surface area contributed by atoms with Gasteiger partial charge in [0, 0.05) is 39.4 Å². The molecule has 2 aromatic rings. The number of rotatable bonds is 11. The normalized spacial score (nSPS) is 16.2. The van der Waals surface area contributed by atoms with Crippen molar-refractivity contribution in [3.05, 3.63) is 24.3 Å². The molecule has 0 saturated carbocycles. The molecule has 7 heteroatoms. The maximum Gasteiger partial charge on any atom is 0.206 e. The number of para-hydroxylation sites is 2. The van der Waals surface area contributed by atoms with Gasteiger partial charge in [0.25, 0.3) is 0 Å². The fraction of sp³-hybridized carbons (Fsp3) is 0.650. The van der Waals surface area contributed by atoms with Gasteiger partial charge in [0.15, 0.2) is 0 Å². The number of anilines is 1. The number of ether oxygens (including phenoxy) is 3. The van der Waals surface area contributed by atoms with Crippen LogP contribution in [-0.2, 0) is 20.9 Å². The Balaban J connectivity index is 1.59. The summed E-state index contributed by atoms with van der Waals surface area (Å²) >= 11 is 0. The van der Waals surface area contributed by atoms with Crippen LogP contribution in [0, 0.1) is 0 Å². The zero-order chi connectivity index (χ0) is 18.9. The predicted octanol–water partition coefficient (Wildman–Crippen LogP) is 2.57. The van der Waals surface area contributed by atoms with E-state index in [1.807, 2.05) is 25.1 Å². The lowest BCUT2D eigenvalue weighted by Gasteiger charge is -2.32. The number of hydrogen-bond acceptors (Lipinski definition) is 6. The highest BCUT2D eigenvalue weighted by atomic mass is 16.5. The van der Waals surface area contributed by atoms with Crippen LogP contribution in [0.3, 0.4) is 0 Å². The van der Waals surface area contributed by atoms with Crippen LogP contribution in [-0.4, -0.2) is 73.7 Å². The standard InChI is InChI=1S/C20H32N4O3/c1-3-26-13-12-23-10-8-17(9-11-23)21-20-22-18-6-4-5-7-19(18)24(20)16-27-15-14-25-2/h4-7,17H,3,8-16H2,1-2H3,(H,21,22). The average Bonchev–Trinajstić information content (AvgIpc) is 3.04. The summed E-state index contributed by atoms with van der Waals surface area (Å²) in [6.07, 6.45) is 2.22. The van der Waals surface area contributed by atoms with Crippen molar-refractivity contribution in [2.75, 3.05) is 58.5 Å². The number of fused-ring (bicyclic) bond motifs is 1. The molecule has 1 aromatic heterocycles. The minimum absolute atomic E-state index is 0.433. The van der Waals surface area contributed by atoms with Crippen LogP contribution in [0.15, 0.2) is 24.3 Å². The molecule has 1 N–H and O–H groups in total. The molecule has 0 amide bonds. The van der Waals surface area contributed by atoms with Crippen LogP contribution >= 0.6 is 0 Å². The molecule has 0 aliphatic carbocycles. The summed E-state index contributed by atoms with van der Waals surface area (Å²) in [4.78, 5) is 7.27. The Kier molecular flexibility index (Phi) is 7.89. The van der Waals surface area contributed by atoms with Crippen molar-refractivity contribution >= 4 is 17.0 Å². The summed E-state index contributed by atoms with van der Waals surface area (Å²) in [6, 6.07) is 8.62. The van der Waals surface area contributed by atoms with Gasteiger partial charge in [0.2, 0.25) is 5.95 Å². The fourth-order valence-electron chi connectivity index (χ4n) is 3.44. The zero-order valence-corrected chi connectivity index (χ0v) is 16.5. The summed E-state index contributed by atoms with van der Waals surface area (Å²) in [6.45, 7) is 8.50. The zero-order valence-electron chi connectivity index (χ0n) is 16.5. The molecule has 1 aliphatic rings. The molecule has 2 heterocycles. The van der Waals surface area contributed by atoms with Crippen LogP contribution in [0.1, 0.15) is 19.8 Å². The Morgan fingerprint density at radius 3 is 2.70 bits per heavy atom. The highest BCUT2D eigenvalue weighted by molar-refractivity contribution is 5.78. The summed E-state index contributed by atoms with van der Waals surface area (Å²) in [7, 11) is 1.68. The van der Waals surface area contributed by atoms with Crippen LogP contribution in [0.25, 0.3) is 11.0 Å². The first-order valence-corrected chi connectivity index (χ1v) is 9.90. The quantitative estimate of drug-likeness (QED) is 0.608. The molecule has 0 atom stereocenters. The van der Waals surface area contributed by atoms with Crippen molar-refractivity contribution in [3.8, 4) is 0 Å². The van der Waals surface area contributed by atoms with E-state index in [-0.39, 0.29) is 0 Å². The Morgan fingerprint density at radius 1 is 1.11 bits per heavy atom. The molecular weight excluding hydrogens is 344 g/mol. The van der Waals surface area contributed by atoms with Gasteiger partial charge in [-0.3, -0.25) is 4.57 Å². The minimum Gasteiger partial charge on any atom is -0.382 e. The van der Waals surface area contributed by atoms with E-state index in [2.05, 4.69) is 20.9 Å². The largest absolute Gasteiger partial charge is 0.382 e. The predicted molar refractivity (Wildman–Crippen MR) is 107 cm³/mol. The minimum atomic E-state index is 0.433. The molecule has 3 rings (SSSR count). The Labute approximate surface area is 161 Å². The van der Waals surface area contributed by atoms with Gasteiger partial charge in [-0.15, -0.1) is 0 Å². The first-order chi connectivity index (χ1) is 13.3. The van der Waals surface area contributed by atoms with Crippen molar-refractivity contribution in [1.29, 1.82) is 0 Å². The van der Waals surface area contributed by atoms with Gasteiger partial charge in [-0.05, 0) is 31.9 Å². The van der Waals surface area contributed by atoms with E-state index in [1.54, 1.807) is 7.11 Å². The monoisotopic (exact) mass is 376 g/mol. The van der Waals surface area contributed by atoms with E-state index < -0.39 is 0 Å². The van der Waals surface area contributed by atoms with Gasteiger partial charge in [-0.1, -0.05) is 12.1 Å². The van der Waals surface area contributed by atoms with E-state index >= 15 is 0 Å². The van der Waals surface area contributed by atoms with Gasteiger partial charge in [0.05, 0.1) is 30.9 Å². The molecule has 7 nitrogen and oxygen atoms in total. The molecule has 1 aromatic carbocycles. The third-order valence-electron chi connectivity index (χ3n) is 4.98. The van der Waals surface area contributed by atoms with E-state index in [1.165, 1.54) is 0 Å². The third kappa shape index (κ3) is 5.65. The van der Waals surface area contributed by atoms with Gasteiger partial charge < -0.3 is 24.4 Å². The van der Waals surface area contributed by atoms with Crippen molar-refractivity contribution in [2.24, 2.45) is 0 Å². The molecule has 27 heavy (non-hydrogen) atoms. The van der Waals surface area contributed by atoms with Crippen LogP contribution in [0.4, 0.5) is 5.95 Å². The topological polar surface area (TPSA) is 60.8 Å². The number of methoxy groups -OCH3 is 1. The summed E-state index contributed by atoms with van der Waals surface area (Å²) in [5, 5.41) is 3.65. The molecule has 1 aliphatic heterocycles. The molecule has 0 spiro atoms. The molecule has 0 radical (unpaired) electrons. The molecule has 0 bridgehead atoms. The lowest BCUT2D eigenvalue weighted by Crippen LogP contribution is -2.41. The van der Waals surface area contributed by atoms with E-state index in [4.69, 9.17) is 19.2 Å². The lowest BCUT2D eigenvalue weighted by molar-refractivity contribution is 0.0365. The van der Waals surface area contributed by atoms with E-state index in [0.29, 0.717) is 26.0 Å². The SMILES string of the molecule is CCOCCN1CCC(Nc2nc3ccccc3n2COCCOC)CC1. The molecule has 150 valence electrons. The van der Waals surface area contributed by atoms with E-state index in [0.717, 1.165) is 62.7 Å². The highest BCUT2D eigenvalue weighted by Crippen LogP contribution is 2.22. The van der Waals surface area contributed by atoms with Crippen molar-refractivity contribution in [3.63, 3.8) is 0 Å². The molecule has 1 fully saturated rings. The van der Waals surface area contributed by atoms with Crippen molar-refractivity contribution in [1.82, 2.24) is 14.5 Å². The number of imidazole rings is 1. The summed E-state index contributed by atoms with van der Waals surface area (Å²) < 4.78 is 18.4. The van der Waals surface area contributed by atoms with Gasteiger partial charge in [-0.25, -0.2) is 4.98 Å². The highest BCUT2D eigenvalue weighted by Gasteiger charge is 2.21. The molecule has 0 unspecified atom stereocenters. The summed E-state index contributed by atoms with van der Waals surface area (Å²) in [5.41, 5.74) is 2.08. The van der Waals surface area contributed by atoms with Gasteiger partial charge in [-0.2, -0.15) is 0 Å². The number of benzene rings is 1. The van der Waals surface area contributed by atoms with E-state index in [9.17, 15) is 0 Å². The number of piperidine rings is 1. The summed E-state index contributed by atoms with van der Waals surface area (Å²) in [5.74, 6) is 0.890. The van der Waals surface area contributed by atoms with Crippen LogP contribution in [0.2, 0.25) is 0 Å². The first kappa shape index (κ1) is 20.1. The number of nitrogens with one attached hydrogen (secondary N) is 1. The van der Waals surface area contributed by atoms with Crippen LogP contribution in [0.5, 0.6) is 0 Å². The fourth-order valence-corrected chi connectivity index (χ4v) is 3.44. The Bertz CT molecular complexity index is 683. The maximum absolute atomic E-state index is 5.76. The lowest BCUT2D eigenvalue weighted by atomic mass is 10.1. The second kappa shape index (κ2) is 10.6. The number of hydrogen-bond donors (Lipinski definition) is 1. The number of nitrogens with zero attached hydrogens (tertiary/aromatic N) is 3. The van der Waals surface area contributed by atoms with Crippen molar-refractivity contribution in [2.45, 2.75) is 32.5 Å². The van der Waals surface area contributed by atoms with Gasteiger partial charge >= 0.3 is 0 Å². The average molecular weight is 377 g/mol. The first-order valence-electron chi connectivity index (χ1n) is 9.90. The number of aromatic nitrogens is 2. The maximum atomic E-state index is 5.76. The van der Waals surface area contributed by atoms with Crippen LogP contribution < -0.4 is 5.32 Å².